The monoisotopic (exact) mass is 403 g/mol. The molecule has 0 atom stereocenters. The van der Waals surface area contributed by atoms with E-state index >= 15 is 0 Å². The third-order valence-electron chi connectivity index (χ3n) is 6.12. The van der Waals surface area contributed by atoms with Crippen molar-refractivity contribution in [2.75, 3.05) is 46.3 Å². The highest BCUT2D eigenvalue weighted by atomic mass is 16.2. The zero-order valence-corrected chi connectivity index (χ0v) is 17.1. The summed E-state index contributed by atoms with van der Waals surface area (Å²) in [7, 11) is 2.14. The number of amides is 1. The maximum absolute atomic E-state index is 13.4. The molecule has 1 fully saturated rings. The predicted molar refractivity (Wildman–Crippen MR) is 116 cm³/mol. The number of hydrogen-bond donors (Lipinski definition) is 0. The summed E-state index contributed by atoms with van der Waals surface area (Å²) in [6.07, 6.45) is 0. The van der Waals surface area contributed by atoms with Crippen LogP contribution in [0.15, 0.2) is 53.3 Å². The third kappa shape index (κ3) is 3.30. The van der Waals surface area contributed by atoms with E-state index in [1.54, 1.807) is 16.7 Å². The maximum Gasteiger partial charge on any atom is 0.266 e. The molecule has 1 amide bonds. The Morgan fingerprint density at radius 1 is 0.900 bits per heavy atom. The number of para-hydroxylation sites is 2. The number of rotatable bonds is 3. The van der Waals surface area contributed by atoms with Crippen molar-refractivity contribution in [3.63, 3.8) is 0 Å². The van der Waals surface area contributed by atoms with E-state index in [1.165, 1.54) is 0 Å². The number of carbonyl (C=O) groups is 1. The van der Waals surface area contributed by atoms with Gasteiger partial charge >= 0.3 is 0 Å². The van der Waals surface area contributed by atoms with E-state index in [1.807, 2.05) is 41.3 Å². The molecular weight excluding hydrogens is 378 g/mol. The summed E-state index contributed by atoms with van der Waals surface area (Å²) in [5, 5.41) is 0.564. The summed E-state index contributed by atoms with van der Waals surface area (Å²) in [4.78, 5) is 38.0. The summed E-state index contributed by atoms with van der Waals surface area (Å²) >= 11 is 0. The van der Waals surface area contributed by atoms with Gasteiger partial charge in [-0.2, -0.15) is 0 Å². The van der Waals surface area contributed by atoms with Crippen LogP contribution in [-0.4, -0.2) is 76.5 Å². The number of hydrogen-bond acceptors (Lipinski definition) is 5. The van der Waals surface area contributed by atoms with Crippen molar-refractivity contribution >= 4 is 16.8 Å². The molecule has 0 aliphatic carbocycles. The molecule has 7 nitrogen and oxygen atoms in total. The second kappa shape index (κ2) is 7.66. The molecular formula is C23H25N5O2. The number of nitrogens with zero attached hydrogens (tertiary/aromatic N) is 5. The molecule has 2 aliphatic rings. The SMILES string of the molecule is CN1CCN(CCN2Cc3nc4ccccc4c(=O)n3-c3ccccc3C2=O)CC1. The van der Waals surface area contributed by atoms with Crippen molar-refractivity contribution in [3.05, 3.63) is 70.3 Å². The van der Waals surface area contributed by atoms with Gasteiger partial charge in [-0.3, -0.25) is 19.1 Å². The van der Waals surface area contributed by atoms with Crippen LogP contribution in [0.1, 0.15) is 16.2 Å². The topological polar surface area (TPSA) is 61.7 Å². The Hall–Kier alpha value is -3.03. The average molecular weight is 403 g/mol. The van der Waals surface area contributed by atoms with Crippen LogP contribution in [-0.2, 0) is 6.54 Å². The fourth-order valence-corrected chi connectivity index (χ4v) is 4.31. The van der Waals surface area contributed by atoms with E-state index in [0.717, 1.165) is 32.7 Å². The lowest BCUT2D eigenvalue weighted by atomic mass is 10.1. The zero-order chi connectivity index (χ0) is 20.7. The van der Waals surface area contributed by atoms with E-state index in [-0.39, 0.29) is 11.5 Å². The van der Waals surface area contributed by atoms with Crippen LogP contribution in [0.4, 0.5) is 0 Å². The zero-order valence-electron chi connectivity index (χ0n) is 17.1. The normalized spacial score (nSPS) is 17.6. The van der Waals surface area contributed by atoms with Gasteiger partial charge in [0.15, 0.2) is 0 Å². The molecule has 2 aromatic carbocycles. The molecule has 0 radical (unpaired) electrons. The van der Waals surface area contributed by atoms with Gasteiger partial charge in [0.05, 0.1) is 28.7 Å². The van der Waals surface area contributed by atoms with Gasteiger partial charge in [-0.05, 0) is 31.3 Å². The smallest absolute Gasteiger partial charge is 0.266 e. The fourth-order valence-electron chi connectivity index (χ4n) is 4.31. The average Bonchev–Trinajstić information content (AvgIpc) is 2.88. The van der Waals surface area contributed by atoms with Crippen molar-refractivity contribution < 1.29 is 4.79 Å². The van der Waals surface area contributed by atoms with Crippen molar-refractivity contribution in [1.82, 2.24) is 24.3 Å². The first-order chi connectivity index (χ1) is 14.6. The minimum Gasteiger partial charge on any atom is -0.330 e. The molecule has 154 valence electrons. The summed E-state index contributed by atoms with van der Waals surface area (Å²) in [5.74, 6) is 0.559. The van der Waals surface area contributed by atoms with Gasteiger partial charge in [0.1, 0.15) is 5.82 Å². The molecule has 3 aromatic rings. The third-order valence-corrected chi connectivity index (χ3v) is 6.12. The number of benzene rings is 2. The van der Waals surface area contributed by atoms with Crippen molar-refractivity contribution in [2.45, 2.75) is 6.54 Å². The van der Waals surface area contributed by atoms with Crippen LogP contribution < -0.4 is 5.56 Å². The summed E-state index contributed by atoms with van der Waals surface area (Å²) < 4.78 is 1.62. The van der Waals surface area contributed by atoms with E-state index < -0.39 is 0 Å². The molecule has 0 saturated carbocycles. The van der Waals surface area contributed by atoms with Crippen molar-refractivity contribution in [2.24, 2.45) is 0 Å². The quantitative estimate of drug-likeness (QED) is 0.665. The first-order valence-electron chi connectivity index (χ1n) is 10.4. The van der Waals surface area contributed by atoms with Gasteiger partial charge in [0.2, 0.25) is 0 Å². The molecule has 30 heavy (non-hydrogen) atoms. The van der Waals surface area contributed by atoms with E-state index in [2.05, 4.69) is 16.8 Å². The predicted octanol–water partition coefficient (Wildman–Crippen LogP) is 1.59. The highest BCUT2D eigenvalue weighted by molar-refractivity contribution is 5.98. The standard InChI is InChI=1S/C23H25N5O2/c1-25-10-12-26(13-11-25)14-15-27-16-21-24-19-8-4-2-6-17(19)23(30)28(21)20-9-5-3-7-18(20)22(27)29/h2-9H,10-16H2,1H3. The van der Waals surface area contributed by atoms with Gasteiger partial charge < -0.3 is 9.80 Å². The lowest BCUT2D eigenvalue weighted by Gasteiger charge is -2.33. The Morgan fingerprint density at radius 3 is 2.47 bits per heavy atom. The first-order valence-corrected chi connectivity index (χ1v) is 10.4. The van der Waals surface area contributed by atoms with E-state index in [4.69, 9.17) is 4.98 Å². The molecule has 0 N–H and O–H groups in total. The lowest BCUT2D eigenvalue weighted by Crippen LogP contribution is -2.47. The number of piperazine rings is 1. The first kappa shape index (κ1) is 19.0. The van der Waals surface area contributed by atoms with Gasteiger partial charge in [-0.1, -0.05) is 24.3 Å². The largest absolute Gasteiger partial charge is 0.330 e. The van der Waals surface area contributed by atoms with Crippen LogP contribution in [0.3, 0.4) is 0 Å². The molecule has 3 heterocycles. The number of fused-ring (bicyclic) bond motifs is 4. The Balaban J connectivity index is 1.54. The van der Waals surface area contributed by atoms with E-state index in [0.29, 0.717) is 41.1 Å². The Labute approximate surface area is 175 Å². The fraction of sp³-hybridized carbons (Fsp3) is 0.348. The Kier molecular flexibility index (Phi) is 4.84. The maximum atomic E-state index is 13.4. The van der Waals surface area contributed by atoms with Gasteiger partial charge in [-0.25, -0.2) is 4.98 Å². The minimum atomic E-state index is -0.128. The molecule has 0 unspecified atom stereocenters. The molecule has 5 rings (SSSR count). The number of likely N-dealkylation sites (N-methyl/N-ethyl adjacent to an activating group) is 1. The summed E-state index contributed by atoms with van der Waals surface area (Å²) in [6, 6.07) is 14.7. The molecule has 0 spiro atoms. The number of aromatic nitrogens is 2. The van der Waals surface area contributed by atoms with Gasteiger partial charge in [0, 0.05) is 39.3 Å². The van der Waals surface area contributed by atoms with Crippen LogP contribution in [0, 0.1) is 0 Å². The van der Waals surface area contributed by atoms with Crippen molar-refractivity contribution in [1.29, 1.82) is 0 Å². The second-order valence-electron chi connectivity index (χ2n) is 8.07. The molecule has 1 saturated heterocycles. The summed E-state index contributed by atoms with van der Waals surface area (Å²) in [5.41, 5.74) is 1.70. The van der Waals surface area contributed by atoms with Gasteiger partial charge in [0.25, 0.3) is 11.5 Å². The van der Waals surface area contributed by atoms with Crippen LogP contribution >= 0.6 is 0 Å². The van der Waals surface area contributed by atoms with Crippen LogP contribution in [0.25, 0.3) is 16.6 Å². The molecule has 1 aromatic heterocycles. The van der Waals surface area contributed by atoms with Crippen LogP contribution in [0.2, 0.25) is 0 Å². The van der Waals surface area contributed by atoms with Gasteiger partial charge in [-0.15, -0.1) is 0 Å². The van der Waals surface area contributed by atoms with Crippen molar-refractivity contribution in [3.8, 4) is 5.69 Å². The number of carbonyl (C=O) groups excluding carboxylic acids is 1. The lowest BCUT2D eigenvalue weighted by molar-refractivity contribution is 0.0701. The highest BCUT2D eigenvalue weighted by Crippen LogP contribution is 2.23. The highest BCUT2D eigenvalue weighted by Gasteiger charge is 2.28. The Morgan fingerprint density at radius 2 is 1.63 bits per heavy atom. The Bertz CT molecular complexity index is 1160. The molecule has 2 aliphatic heterocycles. The van der Waals surface area contributed by atoms with E-state index in [9.17, 15) is 9.59 Å². The second-order valence-corrected chi connectivity index (χ2v) is 8.07. The minimum absolute atomic E-state index is 0.0475. The molecule has 7 heteroatoms. The molecule has 0 bridgehead atoms. The van der Waals surface area contributed by atoms with Crippen LogP contribution in [0.5, 0.6) is 0 Å². The summed E-state index contributed by atoms with van der Waals surface area (Å²) in [6.45, 7) is 5.85.